The van der Waals surface area contributed by atoms with Gasteiger partial charge in [0.1, 0.15) is 0 Å². The van der Waals surface area contributed by atoms with Gasteiger partial charge in [0.15, 0.2) is 0 Å². The first-order chi connectivity index (χ1) is 19.8. The van der Waals surface area contributed by atoms with E-state index in [2.05, 4.69) is 73.1 Å². The van der Waals surface area contributed by atoms with E-state index in [4.69, 9.17) is 0 Å². The molecule has 6 nitrogen and oxygen atoms in total. The van der Waals surface area contributed by atoms with Gasteiger partial charge in [-0.3, -0.25) is 9.59 Å². The molecule has 2 amide bonds. The Labute approximate surface area is 246 Å². The lowest BCUT2D eigenvalue weighted by atomic mass is 9.78. The molecule has 1 saturated carbocycles. The van der Waals surface area contributed by atoms with Crippen LogP contribution in [-0.2, 0) is 29.5 Å². The summed E-state index contributed by atoms with van der Waals surface area (Å²) in [7, 11) is 0. The lowest BCUT2D eigenvalue weighted by Gasteiger charge is -2.26. The summed E-state index contributed by atoms with van der Waals surface area (Å²) in [5, 5.41) is 20.0. The van der Waals surface area contributed by atoms with Crippen molar-refractivity contribution in [2.24, 2.45) is 5.92 Å². The van der Waals surface area contributed by atoms with Crippen LogP contribution in [0.15, 0.2) is 42.5 Å². The summed E-state index contributed by atoms with van der Waals surface area (Å²) in [6, 6.07) is 17.0. The van der Waals surface area contributed by atoms with Crippen molar-refractivity contribution in [2.45, 2.75) is 109 Å². The summed E-state index contributed by atoms with van der Waals surface area (Å²) in [6.07, 6.45) is 10.1. The van der Waals surface area contributed by atoms with Gasteiger partial charge in [-0.25, -0.2) is 0 Å². The maximum absolute atomic E-state index is 13.8. The van der Waals surface area contributed by atoms with Crippen LogP contribution < -0.4 is 16.0 Å². The van der Waals surface area contributed by atoms with Crippen molar-refractivity contribution in [1.82, 2.24) is 16.0 Å². The Morgan fingerprint density at radius 3 is 2.49 bits per heavy atom. The van der Waals surface area contributed by atoms with Crippen molar-refractivity contribution in [1.29, 1.82) is 5.26 Å². The number of nitriles is 1. The van der Waals surface area contributed by atoms with Gasteiger partial charge in [0.05, 0.1) is 17.5 Å². The van der Waals surface area contributed by atoms with E-state index in [-0.39, 0.29) is 23.9 Å². The third kappa shape index (κ3) is 8.42. The standard InChI is InChI=1S/C35H48N4O2/c1-4-10-32(34(41)38-22-25(2)3)37-23-31-20-27-14-9-13-26(17-27)11-5-6-12-28-18-29(33(40)39-31)21-30(19-28)35(24-36)15-7-8-16-35/h9,13-14,17-19,21,25,31-32,37H,4-8,10-12,15-16,20,22-23H2,1-3H3,(H,38,41)(H,39,40)/t31-,32-/m0/s1. The van der Waals surface area contributed by atoms with E-state index < -0.39 is 5.41 Å². The third-order valence-electron chi connectivity index (χ3n) is 8.66. The van der Waals surface area contributed by atoms with E-state index in [1.54, 1.807) is 0 Å². The van der Waals surface area contributed by atoms with Crippen LogP contribution in [0.2, 0.25) is 0 Å². The van der Waals surface area contributed by atoms with Gasteiger partial charge in [-0.15, -0.1) is 0 Å². The molecule has 0 unspecified atom stereocenters. The number of aryl methyl sites for hydroxylation is 2. The smallest absolute Gasteiger partial charge is 0.251 e. The van der Waals surface area contributed by atoms with Crippen molar-refractivity contribution in [3.05, 3.63) is 70.3 Å². The molecule has 1 heterocycles. The molecule has 2 atom stereocenters. The first-order valence-electron chi connectivity index (χ1n) is 15.8. The molecule has 3 N–H and O–H groups in total. The molecule has 1 fully saturated rings. The van der Waals surface area contributed by atoms with E-state index in [1.165, 1.54) is 11.1 Å². The third-order valence-corrected chi connectivity index (χ3v) is 8.66. The highest BCUT2D eigenvalue weighted by atomic mass is 16.2. The Hall–Kier alpha value is -3.17. The summed E-state index contributed by atoms with van der Waals surface area (Å²) in [4.78, 5) is 26.8. The molecule has 6 heteroatoms. The number of rotatable bonds is 9. The molecular weight excluding hydrogens is 508 g/mol. The molecule has 1 aliphatic carbocycles. The molecule has 41 heavy (non-hydrogen) atoms. The van der Waals surface area contributed by atoms with Crippen molar-refractivity contribution < 1.29 is 9.59 Å². The van der Waals surface area contributed by atoms with Crippen molar-refractivity contribution in [3.63, 3.8) is 0 Å². The number of hydrogen-bond donors (Lipinski definition) is 3. The Balaban J connectivity index is 1.61. The average molecular weight is 557 g/mol. The van der Waals surface area contributed by atoms with Crippen LogP contribution in [0.3, 0.4) is 0 Å². The Morgan fingerprint density at radius 1 is 1.05 bits per heavy atom. The van der Waals surface area contributed by atoms with Gasteiger partial charge in [0, 0.05) is 24.7 Å². The van der Waals surface area contributed by atoms with Crippen LogP contribution >= 0.6 is 0 Å². The number of nitrogens with one attached hydrogen (secondary N) is 3. The SMILES string of the molecule is CCC[C@H](NC[C@@H]1Cc2cccc(c2)CCCCc2cc(cc(C3(C#N)CCCC3)c2)C(=O)N1)C(=O)NCC(C)C. The monoisotopic (exact) mass is 556 g/mol. The Morgan fingerprint density at radius 2 is 1.78 bits per heavy atom. The molecule has 0 spiro atoms. The molecule has 220 valence electrons. The van der Waals surface area contributed by atoms with E-state index in [1.807, 2.05) is 12.1 Å². The largest absolute Gasteiger partial charge is 0.354 e. The molecule has 4 rings (SSSR count). The van der Waals surface area contributed by atoms with Crippen molar-refractivity contribution in [2.75, 3.05) is 13.1 Å². The first kappa shape index (κ1) is 30.8. The molecule has 0 radical (unpaired) electrons. The molecule has 0 aromatic heterocycles. The zero-order valence-corrected chi connectivity index (χ0v) is 25.2. The Kier molecular flexibility index (Phi) is 11.0. The number of nitrogens with zero attached hydrogens (tertiary/aromatic N) is 1. The summed E-state index contributed by atoms with van der Waals surface area (Å²) >= 11 is 0. The van der Waals surface area contributed by atoms with Gasteiger partial charge < -0.3 is 16.0 Å². The minimum atomic E-state index is -0.494. The fourth-order valence-electron chi connectivity index (χ4n) is 6.31. The molecular formula is C35H48N4O2. The van der Waals surface area contributed by atoms with E-state index in [9.17, 15) is 14.9 Å². The Bertz CT molecular complexity index is 1220. The lowest BCUT2D eigenvalue weighted by Crippen LogP contribution is -2.51. The van der Waals surface area contributed by atoms with Crippen LogP contribution in [0.1, 0.15) is 105 Å². The van der Waals surface area contributed by atoms with Gasteiger partial charge in [-0.05, 0) is 91.7 Å². The highest BCUT2D eigenvalue weighted by molar-refractivity contribution is 5.95. The second-order valence-corrected chi connectivity index (χ2v) is 12.6. The maximum Gasteiger partial charge on any atom is 0.251 e. The van der Waals surface area contributed by atoms with E-state index in [0.717, 1.165) is 75.3 Å². The van der Waals surface area contributed by atoms with E-state index >= 15 is 0 Å². The predicted molar refractivity (Wildman–Crippen MR) is 165 cm³/mol. The van der Waals surface area contributed by atoms with Crippen LogP contribution in [-0.4, -0.2) is 37.0 Å². The quantitative estimate of drug-likeness (QED) is 0.365. The summed E-state index contributed by atoms with van der Waals surface area (Å²) in [5.41, 5.74) is 4.78. The second-order valence-electron chi connectivity index (χ2n) is 12.6. The summed E-state index contributed by atoms with van der Waals surface area (Å²) in [5.74, 6) is 0.290. The highest BCUT2D eigenvalue weighted by Crippen LogP contribution is 2.41. The zero-order valence-electron chi connectivity index (χ0n) is 25.2. The fraction of sp³-hybridized carbons (Fsp3) is 0.571. The van der Waals surface area contributed by atoms with Gasteiger partial charge in [0.2, 0.25) is 5.91 Å². The average Bonchev–Trinajstić information content (AvgIpc) is 3.46. The van der Waals surface area contributed by atoms with E-state index in [0.29, 0.717) is 31.0 Å². The normalized spacial score (nSPS) is 19.6. The molecule has 0 saturated heterocycles. The van der Waals surface area contributed by atoms with Crippen LogP contribution in [0.4, 0.5) is 0 Å². The minimum Gasteiger partial charge on any atom is -0.354 e. The minimum absolute atomic E-state index is 0.0190. The maximum atomic E-state index is 13.8. The number of hydrogen-bond acceptors (Lipinski definition) is 4. The van der Waals surface area contributed by atoms with Gasteiger partial charge >= 0.3 is 0 Å². The molecule has 2 aromatic rings. The number of amides is 2. The molecule has 2 aromatic carbocycles. The topological polar surface area (TPSA) is 94.0 Å². The number of carbonyl (C=O) groups excluding carboxylic acids is 2. The summed E-state index contributed by atoms with van der Waals surface area (Å²) < 4.78 is 0. The molecule has 2 aliphatic rings. The predicted octanol–water partition coefficient (Wildman–Crippen LogP) is 5.77. The fourth-order valence-corrected chi connectivity index (χ4v) is 6.31. The first-order valence-corrected chi connectivity index (χ1v) is 15.8. The van der Waals surface area contributed by atoms with Crippen molar-refractivity contribution >= 4 is 11.8 Å². The zero-order chi connectivity index (χ0) is 29.2. The van der Waals surface area contributed by atoms with Gasteiger partial charge in [0.25, 0.3) is 5.91 Å². The number of fused-ring (bicyclic) bond motifs is 4. The van der Waals surface area contributed by atoms with Crippen molar-refractivity contribution in [3.8, 4) is 6.07 Å². The highest BCUT2D eigenvalue weighted by Gasteiger charge is 2.36. The summed E-state index contributed by atoms with van der Waals surface area (Å²) in [6.45, 7) is 7.41. The number of benzene rings is 2. The van der Waals surface area contributed by atoms with Crippen LogP contribution in [0.5, 0.6) is 0 Å². The van der Waals surface area contributed by atoms with Gasteiger partial charge in [-0.1, -0.05) is 70.4 Å². The number of carbonyl (C=O) groups is 2. The lowest BCUT2D eigenvalue weighted by molar-refractivity contribution is -0.123. The molecule has 4 bridgehead atoms. The molecule has 1 aliphatic heterocycles. The van der Waals surface area contributed by atoms with Gasteiger partial charge in [-0.2, -0.15) is 5.26 Å². The van der Waals surface area contributed by atoms with Crippen LogP contribution in [0, 0.1) is 17.2 Å². The van der Waals surface area contributed by atoms with Crippen LogP contribution in [0.25, 0.3) is 0 Å². The second kappa shape index (κ2) is 14.6.